The Balaban J connectivity index is 0.00000200. The molecule has 0 atom stereocenters. The van der Waals surface area contributed by atoms with Gasteiger partial charge in [-0.05, 0) is 56.5 Å². The molecule has 1 aliphatic heterocycles. The van der Waals surface area contributed by atoms with E-state index in [0.717, 1.165) is 32.0 Å². The molecule has 1 amide bonds. The highest BCUT2D eigenvalue weighted by Crippen LogP contribution is 2.29. The summed E-state index contributed by atoms with van der Waals surface area (Å²) in [5.41, 5.74) is 0.511. The maximum Gasteiger partial charge on any atom is 0.251 e. The van der Waals surface area contributed by atoms with E-state index in [1.54, 1.807) is 6.92 Å². The molecular weight excluding hydrogens is 286 g/mol. The van der Waals surface area contributed by atoms with Gasteiger partial charge < -0.3 is 10.6 Å². The molecule has 0 saturated carbocycles. The van der Waals surface area contributed by atoms with Crippen molar-refractivity contribution in [2.45, 2.75) is 25.7 Å². The highest BCUT2D eigenvalue weighted by atomic mass is 35.5. The van der Waals surface area contributed by atoms with Gasteiger partial charge in [0.15, 0.2) is 11.6 Å². The van der Waals surface area contributed by atoms with Crippen LogP contribution in [0, 0.1) is 11.6 Å². The van der Waals surface area contributed by atoms with Crippen molar-refractivity contribution in [1.29, 1.82) is 0 Å². The first-order chi connectivity index (χ1) is 9.13. The van der Waals surface area contributed by atoms with Crippen LogP contribution in [-0.4, -0.2) is 25.5 Å². The molecule has 2 N–H and O–H groups in total. The maximum absolute atomic E-state index is 13.9. The fourth-order valence-corrected chi connectivity index (χ4v) is 2.43. The molecule has 1 aliphatic rings. The van der Waals surface area contributed by atoms with Crippen LogP contribution in [0.25, 0.3) is 0 Å². The summed E-state index contributed by atoms with van der Waals surface area (Å²) in [6.45, 7) is 3.82. The molecule has 0 radical (unpaired) electrons. The summed E-state index contributed by atoms with van der Waals surface area (Å²) >= 11 is 0. The number of amides is 1. The molecule has 1 aromatic carbocycles. The number of nitrogens with one attached hydrogen (secondary N) is 2. The Labute approximate surface area is 123 Å². The Bertz CT molecular complexity index is 476. The fraction of sp³-hybridized carbons (Fsp3) is 0.500. The molecule has 1 heterocycles. The van der Waals surface area contributed by atoms with E-state index in [0.29, 0.717) is 12.1 Å². The van der Waals surface area contributed by atoms with Crippen molar-refractivity contribution in [1.82, 2.24) is 10.6 Å². The molecule has 2 rings (SSSR count). The Morgan fingerprint density at radius 1 is 1.35 bits per heavy atom. The predicted molar refractivity (Wildman–Crippen MR) is 76.5 cm³/mol. The lowest BCUT2D eigenvalue weighted by molar-refractivity contribution is 0.0955. The number of benzene rings is 1. The van der Waals surface area contributed by atoms with E-state index in [1.807, 2.05) is 0 Å². The van der Waals surface area contributed by atoms with E-state index in [1.165, 1.54) is 6.07 Å². The number of halogens is 3. The SMILES string of the molecule is CCNC(=O)c1cc(F)c(F)c(C2CCNCC2)c1.Cl. The van der Waals surface area contributed by atoms with Crippen molar-refractivity contribution in [2.75, 3.05) is 19.6 Å². The van der Waals surface area contributed by atoms with E-state index < -0.39 is 11.6 Å². The monoisotopic (exact) mass is 304 g/mol. The molecular formula is C14H19ClF2N2O. The van der Waals surface area contributed by atoms with E-state index >= 15 is 0 Å². The van der Waals surface area contributed by atoms with Crippen LogP contribution in [0.2, 0.25) is 0 Å². The molecule has 0 spiro atoms. The maximum atomic E-state index is 13.9. The lowest BCUT2D eigenvalue weighted by atomic mass is 9.88. The first-order valence-corrected chi connectivity index (χ1v) is 6.61. The standard InChI is InChI=1S/C14H18F2N2O.ClH/c1-2-18-14(19)10-7-11(13(16)12(15)8-10)9-3-5-17-6-4-9;/h7-9,17H,2-6H2,1H3,(H,18,19);1H. The van der Waals surface area contributed by atoms with E-state index in [2.05, 4.69) is 10.6 Å². The molecule has 0 aromatic heterocycles. The zero-order chi connectivity index (χ0) is 13.8. The first-order valence-electron chi connectivity index (χ1n) is 6.61. The summed E-state index contributed by atoms with van der Waals surface area (Å²) in [5, 5.41) is 5.78. The smallest absolute Gasteiger partial charge is 0.251 e. The third kappa shape index (κ3) is 3.67. The van der Waals surface area contributed by atoms with E-state index in [-0.39, 0.29) is 29.8 Å². The van der Waals surface area contributed by atoms with Gasteiger partial charge in [-0.15, -0.1) is 12.4 Å². The highest BCUT2D eigenvalue weighted by Gasteiger charge is 2.22. The summed E-state index contributed by atoms with van der Waals surface area (Å²) in [7, 11) is 0. The predicted octanol–water partition coefficient (Wildman–Crippen LogP) is 2.60. The Morgan fingerprint density at radius 2 is 2.00 bits per heavy atom. The van der Waals surface area contributed by atoms with E-state index in [4.69, 9.17) is 0 Å². The van der Waals surface area contributed by atoms with Gasteiger partial charge in [-0.3, -0.25) is 4.79 Å². The number of carbonyl (C=O) groups is 1. The lowest BCUT2D eigenvalue weighted by Gasteiger charge is -2.24. The largest absolute Gasteiger partial charge is 0.352 e. The van der Waals surface area contributed by atoms with Crippen LogP contribution in [0.5, 0.6) is 0 Å². The average Bonchev–Trinajstić information content (AvgIpc) is 2.43. The van der Waals surface area contributed by atoms with Gasteiger partial charge in [0.05, 0.1) is 0 Å². The molecule has 112 valence electrons. The summed E-state index contributed by atoms with van der Waals surface area (Å²) in [6, 6.07) is 2.45. The quantitative estimate of drug-likeness (QED) is 0.901. The minimum Gasteiger partial charge on any atom is -0.352 e. The minimum absolute atomic E-state index is 0. The summed E-state index contributed by atoms with van der Waals surface area (Å²) in [6.07, 6.45) is 1.52. The van der Waals surface area contributed by atoms with Crippen LogP contribution in [0.1, 0.15) is 41.6 Å². The van der Waals surface area contributed by atoms with Gasteiger partial charge in [0.1, 0.15) is 0 Å². The zero-order valence-electron chi connectivity index (χ0n) is 11.3. The van der Waals surface area contributed by atoms with Crippen molar-refractivity contribution in [3.05, 3.63) is 34.9 Å². The Morgan fingerprint density at radius 3 is 2.60 bits per heavy atom. The fourth-order valence-electron chi connectivity index (χ4n) is 2.43. The van der Waals surface area contributed by atoms with Crippen molar-refractivity contribution >= 4 is 18.3 Å². The summed E-state index contributed by atoms with van der Waals surface area (Å²) in [4.78, 5) is 11.7. The summed E-state index contributed by atoms with van der Waals surface area (Å²) in [5.74, 6) is -2.15. The Kier molecular flexibility index (Phi) is 6.36. The Hall–Kier alpha value is -1.20. The van der Waals surface area contributed by atoms with Crippen LogP contribution in [0.3, 0.4) is 0 Å². The third-order valence-electron chi connectivity index (χ3n) is 3.43. The zero-order valence-corrected chi connectivity index (χ0v) is 12.2. The van der Waals surface area contributed by atoms with Crippen LogP contribution in [0.4, 0.5) is 8.78 Å². The number of carbonyl (C=O) groups excluding carboxylic acids is 1. The van der Waals surface area contributed by atoms with Gasteiger partial charge >= 0.3 is 0 Å². The van der Waals surface area contributed by atoms with Gasteiger partial charge in [0, 0.05) is 12.1 Å². The van der Waals surface area contributed by atoms with Crippen molar-refractivity contribution in [3.8, 4) is 0 Å². The van der Waals surface area contributed by atoms with Gasteiger partial charge in [0.2, 0.25) is 0 Å². The number of piperidine rings is 1. The van der Waals surface area contributed by atoms with Gasteiger partial charge in [-0.1, -0.05) is 0 Å². The molecule has 3 nitrogen and oxygen atoms in total. The third-order valence-corrected chi connectivity index (χ3v) is 3.43. The molecule has 6 heteroatoms. The number of hydrogen-bond donors (Lipinski definition) is 2. The van der Waals surface area contributed by atoms with Gasteiger partial charge in [0.25, 0.3) is 5.91 Å². The van der Waals surface area contributed by atoms with Crippen LogP contribution in [-0.2, 0) is 0 Å². The van der Waals surface area contributed by atoms with Crippen LogP contribution < -0.4 is 10.6 Å². The molecule has 20 heavy (non-hydrogen) atoms. The van der Waals surface area contributed by atoms with Gasteiger partial charge in [-0.2, -0.15) is 0 Å². The molecule has 1 fully saturated rings. The molecule has 0 unspecified atom stereocenters. The topological polar surface area (TPSA) is 41.1 Å². The number of hydrogen-bond acceptors (Lipinski definition) is 2. The lowest BCUT2D eigenvalue weighted by Crippen LogP contribution is -2.28. The van der Waals surface area contributed by atoms with E-state index in [9.17, 15) is 13.6 Å². The van der Waals surface area contributed by atoms with Crippen molar-refractivity contribution < 1.29 is 13.6 Å². The molecule has 0 aliphatic carbocycles. The highest BCUT2D eigenvalue weighted by molar-refractivity contribution is 5.94. The van der Waals surface area contributed by atoms with Gasteiger partial charge in [-0.25, -0.2) is 8.78 Å². The minimum atomic E-state index is -0.947. The van der Waals surface area contributed by atoms with Crippen LogP contribution >= 0.6 is 12.4 Å². The number of rotatable bonds is 3. The molecule has 1 aromatic rings. The second kappa shape index (κ2) is 7.55. The second-order valence-corrected chi connectivity index (χ2v) is 4.75. The molecule has 0 bridgehead atoms. The molecule has 1 saturated heterocycles. The first kappa shape index (κ1) is 16.9. The average molecular weight is 305 g/mol. The van der Waals surface area contributed by atoms with Crippen molar-refractivity contribution in [3.63, 3.8) is 0 Å². The second-order valence-electron chi connectivity index (χ2n) is 4.75. The normalized spacial score (nSPS) is 15.6. The summed E-state index contributed by atoms with van der Waals surface area (Å²) < 4.78 is 27.5. The van der Waals surface area contributed by atoms with Crippen molar-refractivity contribution in [2.24, 2.45) is 0 Å². The van der Waals surface area contributed by atoms with Crippen LogP contribution in [0.15, 0.2) is 12.1 Å².